The molecule has 0 atom stereocenters. The lowest BCUT2D eigenvalue weighted by Gasteiger charge is -2.01. The standard InChI is InChI=1S/C12H10ClN5O/c1-17-15-12(14-16-17)6-18-5-8(7-19)10-3-2-9(13)4-11(10)18/h2-5,7H,6H2,1H3. The molecular weight excluding hydrogens is 266 g/mol. The summed E-state index contributed by atoms with van der Waals surface area (Å²) in [6.45, 7) is 0.443. The Balaban J connectivity index is 2.12. The van der Waals surface area contributed by atoms with Crippen LogP contribution >= 0.6 is 11.6 Å². The van der Waals surface area contributed by atoms with Crippen LogP contribution in [0.3, 0.4) is 0 Å². The van der Waals surface area contributed by atoms with Crippen molar-refractivity contribution in [1.29, 1.82) is 0 Å². The van der Waals surface area contributed by atoms with E-state index >= 15 is 0 Å². The number of halogens is 1. The molecule has 0 saturated carbocycles. The summed E-state index contributed by atoms with van der Waals surface area (Å²) in [6, 6.07) is 5.42. The molecule has 96 valence electrons. The third-order valence-electron chi connectivity index (χ3n) is 2.86. The van der Waals surface area contributed by atoms with Crippen LogP contribution in [0.1, 0.15) is 16.2 Å². The topological polar surface area (TPSA) is 65.6 Å². The fraction of sp³-hybridized carbons (Fsp3) is 0.167. The van der Waals surface area contributed by atoms with Crippen molar-refractivity contribution in [2.45, 2.75) is 6.54 Å². The fourth-order valence-corrected chi connectivity index (χ4v) is 2.22. The first kappa shape index (κ1) is 11.9. The number of hydrogen-bond acceptors (Lipinski definition) is 4. The fourth-order valence-electron chi connectivity index (χ4n) is 2.06. The number of aromatic nitrogens is 5. The van der Waals surface area contributed by atoms with E-state index in [1.807, 2.05) is 16.7 Å². The van der Waals surface area contributed by atoms with Gasteiger partial charge in [-0.2, -0.15) is 4.80 Å². The number of nitrogens with zero attached hydrogens (tertiary/aromatic N) is 5. The molecule has 3 rings (SSSR count). The first-order valence-corrected chi connectivity index (χ1v) is 6.01. The SMILES string of the molecule is Cn1nnc(Cn2cc(C=O)c3ccc(Cl)cc32)n1. The summed E-state index contributed by atoms with van der Waals surface area (Å²) in [5.41, 5.74) is 1.50. The maximum absolute atomic E-state index is 11.1. The molecule has 0 bridgehead atoms. The Labute approximate surface area is 113 Å². The molecule has 0 aliphatic carbocycles. The van der Waals surface area contributed by atoms with Crippen LogP contribution in [-0.2, 0) is 13.6 Å². The largest absolute Gasteiger partial charge is 0.339 e. The molecule has 19 heavy (non-hydrogen) atoms. The number of aryl methyl sites for hydroxylation is 1. The molecule has 0 aliphatic rings. The molecule has 0 spiro atoms. The molecule has 3 aromatic rings. The third kappa shape index (κ3) is 2.10. The quantitative estimate of drug-likeness (QED) is 0.682. The highest BCUT2D eigenvalue weighted by molar-refractivity contribution is 6.31. The van der Waals surface area contributed by atoms with E-state index < -0.39 is 0 Å². The van der Waals surface area contributed by atoms with Gasteiger partial charge in [0.05, 0.1) is 19.1 Å². The normalized spacial score (nSPS) is 11.1. The van der Waals surface area contributed by atoms with Crippen molar-refractivity contribution in [2.24, 2.45) is 7.05 Å². The van der Waals surface area contributed by atoms with Crippen LogP contribution in [0.2, 0.25) is 5.02 Å². The van der Waals surface area contributed by atoms with Gasteiger partial charge in [0.2, 0.25) is 0 Å². The summed E-state index contributed by atoms with van der Waals surface area (Å²) >= 11 is 6.00. The van der Waals surface area contributed by atoms with Crippen molar-refractivity contribution in [3.05, 3.63) is 40.8 Å². The number of benzene rings is 1. The highest BCUT2D eigenvalue weighted by Gasteiger charge is 2.10. The van der Waals surface area contributed by atoms with Gasteiger partial charge in [-0.25, -0.2) is 0 Å². The van der Waals surface area contributed by atoms with Crippen LogP contribution in [0.15, 0.2) is 24.4 Å². The Kier molecular flexibility index (Phi) is 2.79. The van der Waals surface area contributed by atoms with Crippen LogP contribution in [0, 0.1) is 0 Å². The number of carbonyl (C=O) groups excluding carboxylic acids is 1. The molecule has 7 heteroatoms. The van der Waals surface area contributed by atoms with Gasteiger partial charge in [0.25, 0.3) is 0 Å². The van der Waals surface area contributed by atoms with E-state index in [2.05, 4.69) is 15.4 Å². The van der Waals surface area contributed by atoms with Gasteiger partial charge in [-0.05, 0) is 17.3 Å². The van der Waals surface area contributed by atoms with E-state index in [0.29, 0.717) is 23.0 Å². The lowest BCUT2D eigenvalue weighted by Crippen LogP contribution is -2.01. The minimum atomic E-state index is 0.443. The number of carbonyl (C=O) groups is 1. The van der Waals surface area contributed by atoms with E-state index in [0.717, 1.165) is 17.2 Å². The number of aldehydes is 1. The molecule has 0 N–H and O–H groups in total. The Hall–Kier alpha value is -2.21. The molecular formula is C12H10ClN5O. The zero-order chi connectivity index (χ0) is 13.4. The smallest absolute Gasteiger partial charge is 0.194 e. The first-order chi connectivity index (χ1) is 9.17. The van der Waals surface area contributed by atoms with Gasteiger partial charge >= 0.3 is 0 Å². The molecule has 6 nitrogen and oxygen atoms in total. The van der Waals surface area contributed by atoms with Crippen molar-refractivity contribution in [2.75, 3.05) is 0 Å². The second-order valence-corrected chi connectivity index (χ2v) is 4.62. The molecule has 0 aliphatic heterocycles. The Morgan fingerprint density at radius 1 is 1.42 bits per heavy atom. The molecule has 1 aromatic carbocycles. The van der Waals surface area contributed by atoms with Gasteiger partial charge in [0.1, 0.15) is 0 Å². The highest BCUT2D eigenvalue weighted by atomic mass is 35.5. The van der Waals surface area contributed by atoms with Gasteiger partial charge < -0.3 is 4.57 Å². The summed E-state index contributed by atoms with van der Waals surface area (Å²) in [6.07, 6.45) is 2.60. The van der Waals surface area contributed by atoms with Crippen LogP contribution in [0.25, 0.3) is 10.9 Å². The summed E-state index contributed by atoms with van der Waals surface area (Å²) in [5, 5.41) is 13.3. The Bertz CT molecular complexity index is 761. The van der Waals surface area contributed by atoms with Gasteiger partial charge in [0, 0.05) is 22.2 Å². The van der Waals surface area contributed by atoms with E-state index in [1.54, 1.807) is 19.3 Å². The van der Waals surface area contributed by atoms with Crippen LogP contribution in [-0.4, -0.2) is 31.1 Å². The molecule has 0 unspecified atom stereocenters. The minimum Gasteiger partial charge on any atom is -0.339 e. The van der Waals surface area contributed by atoms with Gasteiger partial charge in [-0.3, -0.25) is 4.79 Å². The summed E-state index contributed by atoms with van der Waals surface area (Å²) in [5.74, 6) is 0.580. The zero-order valence-electron chi connectivity index (χ0n) is 10.1. The predicted octanol–water partition coefficient (Wildman–Crippen LogP) is 1.68. The minimum absolute atomic E-state index is 0.443. The van der Waals surface area contributed by atoms with Gasteiger partial charge in [-0.15, -0.1) is 10.2 Å². The highest BCUT2D eigenvalue weighted by Crippen LogP contribution is 2.24. The second kappa shape index (κ2) is 4.47. The lowest BCUT2D eigenvalue weighted by molar-refractivity contribution is 0.112. The van der Waals surface area contributed by atoms with Crippen molar-refractivity contribution in [3.63, 3.8) is 0 Å². The van der Waals surface area contributed by atoms with Crippen molar-refractivity contribution < 1.29 is 4.79 Å². The van der Waals surface area contributed by atoms with E-state index in [9.17, 15) is 4.79 Å². The van der Waals surface area contributed by atoms with Crippen molar-refractivity contribution >= 4 is 28.8 Å². The number of hydrogen-bond donors (Lipinski definition) is 0. The predicted molar refractivity (Wildman–Crippen MR) is 70.2 cm³/mol. The lowest BCUT2D eigenvalue weighted by atomic mass is 10.2. The van der Waals surface area contributed by atoms with E-state index in [4.69, 9.17) is 11.6 Å². The monoisotopic (exact) mass is 275 g/mol. The van der Waals surface area contributed by atoms with Crippen LogP contribution < -0.4 is 0 Å². The number of fused-ring (bicyclic) bond motifs is 1. The van der Waals surface area contributed by atoms with Gasteiger partial charge in [-0.1, -0.05) is 17.7 Å². The summed E-state index contributed by atoms with van der Waals surface area (Å²) in [4.78, 5) is 12.5. The molecule has 0 fully saturated rings. The van der Waals surface area contributed by atoms with Crippen LogP contribution in [0.4, 0.5) is 0 Å². The molecule has 0 saturated heterocycles. The number of rotatable bonds is 3. The van der Waals surface area contributed by atoms with E-state index in [1.165, 1.54) is 4.80 Å². The molecule has 0 radical (unpaired) electrons. The molecule has 0 amide bonds. The average Bonchev–Trinajstić information content (AvgIpc) is 2.94. The second-order valence-electron chi connectivity index (χ2n) is 4.19. The van der Waals surface area contributed by atoms with Crippen molar-refractivity contribution in [1.82, 2.24) is 24.8 Å². The first-order valence-electron chi connectivity index (χ1n) is 5.64. The summed E-state index contributed by atoms with van der Waals surface area (Å²) < 4.78 is 1.89. The zero-order valence-corrected chi connectivity index (χ0v) is 10.9. The Morgan fingerprint density at radius 3 is 2.95 bits per heavy atom. The van der Waals surface area contributed by atoms with Crippen molar-refractivity contribution in [3.8, 4) is 0 Å². The van der Waals surface area contributed by atoms with Gasteiger partial charge in [0.15, 0.2) is 12.1 Å². The van der Waals surface area contributed by atoms with Crippen LogP contribution in [0.5, 0.6) is 0 Å². The number of tetrazole rings is 1. The van der Waals surface area contributed by atoms with E-state index in [-0.39, 0.29) is 0 Å². The Morgan fingerprint density at radius 2 is 2.26 bits per heavy atom. The maximum atomic E-state index is 11.1. The molecule has 2 aromatic heterocycles. The maximum Gasteiger partial charge on any atom is 0.194 e. The molecule has 2 heterocycles. The third-order valence-corrected chi connectivity index (χ3v) is 3.10. The average molecular weight is 276 g/mol. The summed E-state index contributed by atoms with van der Waals surface area (Å²) in [7, 11) is 1.71.